The van der Waals surface area contributed by atoms with Gasteiger partial charge in [-0.05, 0) is 83.5 Å². The van der Waals surface area contributed by atoms with Crippen LogP contribution in [0.15, 0.2) is 122 Å². The number of carbonyl (C=O) groups excluding carboxylic acids is 2. The van der Waals surface area contributed by atoms with Crippen molar-refractivity contribution < 1.29 is 49.3 Å². The summed E-state index contributed by atoms with van der Waals surface area (Å²) in [5, 5.41) is 57.2. The van der Waals surface area contributed by atoms with Gasteiger partial charge >= 0.3 is 5.97 Å². The van der Waals surface area contributed by atoms with Crippen molar-refractivity contribution in [2.24, 2.45) is 0 Å². The second-order valence-electron chi connectivity index (χ2n) is 23.3. The first-order chi connectivity index (χ1) is 41.7. The minimum Gasteiger partial charge on any atom is -0.454 e. The smallest absolute Gasteiger partial charge is 0.306 e. The van der Waals surface area contributed by atoms with E-state index < -0.39 is 67.4 Å². The zero-order valence-electron chi connectivity index (χ0n) is 53.9. The van der Waals surface area contributed by atoms with Crippen LogP contribution in [0.4, 0.5) is 0 Å². The van der Waals surface area contributed by atoms with Gasteiger partial charge in [0.05, 0.1) is 25.4 Å². The van der Waals surface area contributed by atoms with Crippen LogP contribution in [0.3, 0.4) is 0 Å². The maximum atomic E-state index is 13.5. The first kappa shape index (κ1) is 79.1. The highest BCUT2D eigenvalue weighted by atomic mass is 16.7. The monoisotopic (exact) mass is 1190 g/mol. The summed E-state index contributed by atoms with van der Waals surface area (Å²) in [6, 6.07) is -1.04. The summed E-state index contributed by atoms with van der Waals surface area (Å²) in [4.78, 5) is 26.6. The van der Waals surface area contributed by atoms with Gasteiger partial charge in [-0.2, -0.15) is 0 Å². The van der Waals surface area contributed by atoms with E-state index in [1.54, 1.807) is 6.08 Å². The van der Waals surface area contributed by atoms with Crippen molar-refractivity contribution in [3.63, 3.8) is 0 Å². The van der Waals surface area contributed by atoms with Crippen molar-refractivity contribution in [3.05, 3.63) is 122 Å². The van der Waals surface area contributed by atoms with Crippen molar-refractivity contribution in [3.8, 4) is 0 Å². The van der Waals surface area contributed by atoms with Gasteiger partial charge in [0.2, 0.25) is 5.91 Å². The number of amides is 1. The first-order valence-corrected chi connectivity index (χ1v) is 34.4. The number of aliphatic hydroxyl groups is 5. The summed E-state index contributed by atoms with van der Waals surface area (Å²) in [6.07, 6.45) is 73.8. The molecule has 85 heavy (non-hydrogen) atoms. The fourth-order valence-electron chi connectivity index (χ4n) is 10.1. The number of esters is 1. The lowest BCUT2D eigenvalue weighted by Gasteiger charge is -2.41. The van der Waals surface area contributed by atoms with Crippen LogP contribution < -0.4 is 5.32 Å². The second-order valence-corrected chi connectivity index (χ2v) is 23.3. The van der Waals surface area contributed by atoms with Gasteiger partial charge in [0.15, 0.2) is 12.4 Å². The predicted molar refractivity (Wildman–Crippen MR) is 356 cm³/mol. The lowest BCUT2D eigenvalue weighted by atomic mass is 9.99. The molecule has 11 heteroatoms. The Kier molecular flexibility index (Phi) is 56.1. The number of unbranched alkanes of at least 4 members (excludes halogenated alkanes) is 30. The molecule has 0 bridgehead atoms. The highest BCUT2D eigenvalue weighted by Gasteiger charge is 2.47. The van der Waals surface area contributed by atoms with Gasteiger partial charge in [-0.1, -0.05) is 303 Å². The van der Waals surface area contributed by atoms with E-state index in [0.717, 1.165) is 77.0 Å². The molecule has 11 nitrogen and oxygen atoms in total. The summed E-state index contributed by atoms with van der Waals surface area (Å²) >= 11 is 0. The van der Waals surface area contributed by atoms with Crippen molar-refractivity contribution >= 4 is 11.9 Å². The van der Waals surface area contributed by atoms with E-state index in [1.807, 2.05) is 66.8 Å². The molecule has 1 fully saturated rings. The van der Waals surface area contributed by atoms with Crippen LogP contribution in [-0.4, -0.2) is 99.6 Å². The van der Waals surface area contributed by atoms with Crippen LogP contribution in [0.5, 0.6) is 0 Å². The molecular formula is C74H125NO10. The summed E-state index contributed by atoms with van der Waals surface area (Å²) in [6.45, 7) is 5.60. The van der Waals surface area contributed by atoms with Gasteiger partial charge in [-0.3, -0.25) is 9.59 Å². The Morgan fingerprint density at radius 3 is 1.40 bits per heavy atom. The average Bonchev–Trinajstić information content (AvgIpc) is 3.16. The van der Waals surface area contributed by atoms with Gasteiger partial charge in [-0.25, -0.2) is 0 Å². The maximum Gasteiger partial charge on any atom is 0.306 e. The Labute approximate surface area is 519 Å². The largest absolute Gasteiger partial charge is 0.454 e. The van der Waals surface area contributed by atoms with Crippen LogP contribution in [0.25, 0.3) is 0 Å². The van der Waals surface area contributed by atoms with Crippen molar-refractivity contribution in [2.45, 2.75) is 320 Å². The molecule has 1 aliphatic heterocycles. The number of nitrogens with one attached hydrogen (secondary N) is 1. The van der Waals surface area contributed by atoms with Gasteiger partial charge in [-0.15, -0.1) is 0 Å². The molecule has 0 spiro atoms. The van der Waals surface area contributed by atoms with Gasteiger partial charge < -0.3 is 45.1 Å². The molecule has 8 atom stereocenters. The third kappa shape index (κ3) is 47.8. The minimum absolute atomic E-state index is 0.0665. The molecule has 0 saturated carbocycles. The van der Waals surface area contributed by atoms with E-state index in [9.17, 15) is 35.1 Å². The molecule has 0 aromatic heterocycles. The standard InChI is InChI=1S/C74H125NO10/c1-4-7-10-13-16-19-22-25-27-29-30-31-32-33-34-35-36-37-39-40-43-46-49-52-55-58-61-67(78)73(82)75-65(66(77)60-57-54-51-48-45-42-24-21-18-15-12-9-6-3)64-83-74-72(71(81)70(80)68(63-76)84-74)85-69(79)62-59-56-53-50-47-44-41-38-28-26-23-20-17-14-11-8-5-2/h8,11,14,16-17,19-20,23,25-28,30-31,38,41,44,47,57,60,65-68,70-72,74,76-78,80-81H,4-7,9-10,12-13,15,18,21-22,24,29,32-37,39-40,42-43,45-46,48-56,58-59,61-64H2,1-3H3,(H,75,82)/b11-8-,17-14+,19-16-,23-20+,27-25-,28-26-,31-30-,41-38+,47-44+,60-57+. The second kappa shape index (κ2) is 60.3. The summed E-state index contributed by atoms with van der Waals surface area (Å²) in [5.41, 5.74) is 0. The number of hydrogen-bond acceptors (Lipinski definition) is 10. The number of allylic oxidation sites excluding steroid dienone is 19. The van der Waals surface area contributed by atoms with Gasteiger partial charge in [0.25, 0.3) is 0 Å². The molecule has 0 aliphatic carbocycles. The maximum absolute atomic E-state index is 13.5. The lowest BCUT2D eigenvalue weighted by Crippen LogP contribution is -2.61. The van der Waals surface area contributed by atoms with Crippen LogP contribution in [0.1, 0.15) is 271 Å². The molecule has 1 aliphatic rings. The van der Waals surface area contributed by atoms with Crippen molar-refractivity contribution in [2.75, 3.05) is 13.2 Å². The molecule has 1 amide bonds. The Bertz CT molecular complexity index is 1850. The van der Waals surface area contributed by atoms with E-state index in [2.05, 4.69) is 74.7 Å². The molecule has 1 rings (SSSR count). The summed E-state index contributed by atoms with van der Waals surface area (Å²) < 4.78 is 17.6. The number of carbonyl (C=O) groups is 2. The van der Waals surface area contributed by atoms with E-state index in [1.165, 1.54) is 148 Å². The molecule has 8 unspecified atom stereocenters. The Morgan fingerprint density at radius 2 is 0.894 bits per heavy atom. The summed E-state index contributed by atoms with van der Waals surface area (Å²) in [5.74, 6) is -1.24. The number of rotatable bonds is 57. The minimum atomic E-state index is -1.64. The third-order valence-electron chi connectivity index (χ3n) is 15.5. The molecule has 0 aromatic carbocycles. The SMILES string of the molecule is CC\C=C/C=C/C=C/C=C\C=C\C=C\CCCCCC(=O)OC1C(OCC(NC(=O)C(O)CCCCCCCCCCCCCCC/C=C\C/C=C\C/C=C\CCCCC)C(O)/C=C/CCCCCCCCCCCCC)OC(CO)C(O)C1O. The van der Waals surface area contributed by atoms with Gasteiger partial charge in [0.1, 0.15) is 24.4 Å². The van der Waals surface area contributed by atoms with Crippen LogP contribution in [0, 0.1) is 0 Å². The normalized spacial score (nSPS) is 19.2. The third-order valence-corrected chi connectivity index (χ3v) is 15.5. The number of ether oxygens (including phenoxy) is 3. The molecule has 1 saturated heterocycles. The van der Waals surface area contributed by atoms with E-state index >= 15 is 0 Å². The van der Waals surface area contributed by atoms with Crippen molar-refractivity contribution in [1.29, 1.82) is 0 Å². The van der Waals surface area contributed by atoms with Gasteiger partial charge in [0, 0.05) is 6.42 Å². The predicted octanol–water partition coefficient (Wildman–Crippen LogP) is 17.4. The number of aliphatic hydroxyl groups excluding tert-OH is 5. The Morgan fingerprint density at radius 1 is 0.482 bits per heavy atom. The topological polar surface area (TPSA) is 175 Å². The lowest BCUT2D eigenvalue weighted by molar-refractivity contribution is -0.305. The molecule has 0 aromatic rings. The highest BCUT2D eigenvalue weighted by Crippen LogP contribution is 2.26. The zero-order valence-corrected chi connectivity index (χ0v) is 53.9. The molecule has 6 N–H and O–H groups in total. The van der Waals surface area contributed by atoms with Crippen LogP contribution >= 0.6 is 0 Å². The molecular weight excluding hydrogens is 1060 g/mol. The molecule has 1 heterocycles. The zero-order chi connectivity index (χ0) is 61.7. The van der Waals surface area contributed by atoms with E-state index in [4.69, 9.17) is 14.2 Å². The highest BCUT2D eigenvalue weighted by molar-refractivity contribution is 5.80. The number of hydrogen-bond donors (Lipinski definition) is 6. The van der Waals surface area contributed by atoms with E-state index in [0.29, 0.717) is 12.8 Å². The molecule has 486 valence electrons. The fourth-order valence-corrected chi connectivity index (χ4v) is 10.1. The first-order valence-electron chi connectivity index (χ1n) is 34.4. The summed E-state index contributed by atoms with van der Waals surface area (Å²) in [7, 11) is 0. The quantitative estimate of drug-likeness (QED) is 0.0149. The molecule has 0 radical (unpaired) electrons. The Hall–Kier alpha value is -3.94. The average molecular weight is 1190 g/mol. The van der Waals surface area contributed by atoms with Crippen LogP contribution in [-0.2, 0) is 23.8 Å². The van der Waals surface area contributed by atoms with Crippen molar-refractivity contribution in [1.82, 2.24) is 5.32 Å². The van der Waals surface area contributed by atoms with E-state index in [-0.39, 0.29) is 19.4 Å². The fraction of sp³-hybridized carbons (Fsp3) is 0.703. The van der Waals surface area contributed by atoms with Crippen LogP contribution in [0.2, 0.25) is 0 Å². The Balaban J connectivity index is 2.62.